The van der Waals surface area contributed by atoms with Crippen LogP contribution in [-0.4, -0.2) is 17.5 Å². The van der Waals surface area contributed by atoms with Crippen molar-refractivity contribution in [2.45, 2.75) is 20.4 Å². The minimum Gasteiger partial charge on any atom is -0.494 e. The summed E-state index contributed by atoms with van der Waals surface area (Å²) < 4.78 is 5.46. The van der Waals surface area contributed by atoms with Crippen LogP contribution in [0.25, 0.3) is 21.8 Å². The van der Waals surface area contributed by atoms with E-state index < -0.39 is 0 Å². The second-order valence-corrected chi connectivity index (χ2v) is 8.10. The predicted octanol–water partition coefficient (Wildman–Crippen LogP) is 6.11. The predicted molar refractivity (Wildman–Crippen MR) is 127 cm³/mol. The van der Waals surface area contributed by atoms with Gasteiger partial charge in [-0.15, -0.1) is 11.3 Å². The molecule has 3 aromatic carbocycles. The van der Waals surface area contributed by atoms with Crippen LogP contribution in [-0.2, 0) is 6.54 Å². The monoisotopic (exact) mass is 428 g/mol. The van der Waals surface area contributed by atoms with Gasteiger partial charge in [-0.2, -0.15) is 0 Å². The molecule has 4 rings (SSSR count). The van der Waals surface area contributed by atoms with Gasteiger partial charge in [0.15, 0.2) is 0 Å². The van der Waals surface area contributed by atoms with Gasteiger partial charge in [-0.25, -0.2) is 4.98 Å². The van der Waals surface area contributed by atoms with Crippen LogP contribution in [0.15, 0.2) is 78.2 Å². The number of hydrogen-bond acceptors (Lipinski definition) is 4. The molecule has 0 fully saturated rings. The zero-order valence-corrected chi connectivity index (χ0v) is 18.4. The normalized spacial score (nSPS) is 10.6. The van der Waals surface area contributed by atoms with Crippen LogP contribution in [0.2, 0.25) is 0 Å². The molecule has 31 heavy (non-hydrogen) atoms. The first-order valence-corrected chi connectivity index (χ1v) is 11.1. The number of ether oxygens (including phenoxy) is 1. The minimum absolute atomic E-state index is 0.117. The van der Waals surface area contributed by atoms with Crippen LogP contribution in [0.1, 0.15) is 28.4 Å². The first-order valence-electron chi connectivity index (χ1n) is 10.3. The fraction of sp³-hybridized carbons (Fsp3) is 0.154. The minimum atomic E-state index is -0.117. The molecule has 4 aromatic rings. The van der Waals surface area contributed by atoms with E-state index in [1.165, 1.54) is 5.56 Å². The second kappa shape index (κ2) is 9.58. The van der Waals surface area contributed by atoms with Crippen molar-refractivity contribution >= 4 is 17.2 Å². The number of carbonyl (C=O) groups excluding carboxylic acids is 1. The zero-order chi connectivity index (χ0) is 21.6. The quantitative estimate of drug-likeness (QED) is 0.386. The first kappa shape index (κ1) is 20.8. The van der Waals surface area contributed by atoms with Crippen molar-refractivity contribution in [3.05, 3.63) is 94.9 Å². The molecular weight excluding hydrogens is 404 g/mol. The summed E-state index contributed by atoms with van der Waals surface area (Å²) in [6.07, 6.45) is 0. The lowest BCUT2D eigenvalue weighted by atomic mass is 10.1. The smallest absolute Gasteiger partial charge is 0.251 e. The molecule has 156 valence electrons. The summed E-state index contributed by atoms with van der Waals surface area (Å²) >= 11 is 1.64. The highest BCUT2D eigenvalue weighted by Crippen LogP contribution is 2.29. The van der Waals surface area contributed by atoms with Crippen LogP contribution < -0.4 is 10.1 Å². The molecule has 0 aliphatic carbocycles. The Hall–Kier alpha value is -3.44. The van der Waals surface area contributed by atoms with E-state index in [1.807, 2.05) is 31.2 Å². The Morgan fingerprint density at radius 3 is 2.48 bits per heavy atom. The van der Waals surface area contributed by atoms with E-state index in [9.17, 15) is 4.79 Å². The van der Waals surface area contributed by atoms with Gasteiger partial charge in [0.2, 0.25) is 0 Å². The van der Waals surface area contributed by atoms with Gasteiger partial charge >= 0.3 is 0 Å². The number of amides is 1. The Labute approximate surface area is 186 Å². The average molecular weight is 429 g/mol. The molecule has 0 saturated carbocycles. The van der Waals surface area contributed by atoms with Crippen LogP contribution in [0.3, 0.4) is 0 Å². The molecule has 0 saturated heterocycles. The first-order chi connectivity index (χ1) is 15.1. The zero-order valence-electron chi connectivity index (χ0n) is 17.6. The largest absolute Gasteiger partial charge is 0.494 e. The van der Waals surface area contributed by atoms with Crippen LogP contribution in [0, 0.1) is 6.92 Å². The van der Waals surface area contributed by atoms with Crippen LogP contribution in [0.4, 0.5) is 0 Å². The Balaban J connectivity index is 1.39. The van der Waals surface area contributed by atoms with Gasteiger partial charge in [0, 0.05) is 28.6 Å². The van der Waals surface area contributed by atoms with Crippen molar-refractivity contribution < 1.29 is 9.53 Å². The summed E-state index contributed by atoms with van der Waals surface area (Å²) in [7, 11) is 0. The van der Waals surface area contributed by atoms with Gasteiger partial charge in [0.1, 0.15) is 10.8 Å². The Morgan fingerprint density at radius 1 is 1.00 bits per heavy atom. The van der Waals surface area contributed by atoms with Crippen molar-refractivity contribution in [1.29, 1.82) is 0 Å². The molecule has 1 amide bonds. The molecule has 0 aliphatic heterocycles. The topological polar surface area (TPSA) is 51.2 Å². The second-order valence-electron chi connectivity index (χ2n) is 7.24. The maximum absolute atomic E-state index is 12.4. The van der Waals surface area contributed by atoms with Gasteiger partial charge in [-0.1, -0.05) is 60.2 Å². The third-order valence-corrected chi connectivity index (χ3v) is 5.80. The molecule has 5 heteroatoms. The number of benzene rings is 3. The number of nitrogens with one attached hydrogen (secondary N) is 1. The van der Waals surface area contributed by atoms with E-state index in [2.05, 4.69) is 54.0 Å². The lowest BCUT2D eigenvalue weighted by Crippen LogP contribution is -2.22. The van der Waals surface area contributed by atoms with Crippen molar-refractivity contribution in [3.63, 3.8) is 0 Å². The fourth-order valence-corrected chi connectivity index (χ4v) is 4.04. The maximum Gasteiger partial charge on any atom is 0.251 e. The molecular formula is C26H24N2O2S. The van der Waals surface area contributed by atoms with E-state index in [1.54, 1.807) is 23.5 Å². The molecule has 1 aromatic heterocycles. The molecule has 0 spiro atoms. The Bertz CT molecular complexity index is 1160. The number of thiazole rings is 1. The fourth-order valence-electron chi connectivity index (χ4n) is 3.21. The average Bonchev–Trinajstić information content (AvgIpc) is 3.29. The van der Waals surface area contributed by atoms with Crippen molar-refractivity contribution in [2.75, 3.05) is 6.61 Å². The third-order valence-electron chi connectivity index (χ3n) is 4.91. The van der Waals surface area contributed by atoms with Crippen molar-refractivity contribution in [1.82, 2.24) is 10.3 Å². The molecule has 0 unspecified atom stereocenters. The highest BCUT2D eigenvalue weighted by molar-refractivity contribution is 7.13. The molecule has 4 nitrogen and oxygen atoms in total. The third kappa shape index (κ3) is 5.19. The van der Waals surface area contributed by atoms with Crippen LogP contribution >= 0.6 is 11.3 Å². The van der Waals surface area contributed by atoms with Gasteiger partial charge in [-0.05, 0) is 37.6 Å². The van der Waals surface area contributed by atoms with Gasteiger partial charge in [0.05, 0.1) is 12.3 Å². The maximum atomic E-state index is 12.4. The van der Waals surface area contributed by atoms with E-state index in [-0.39, 0.29) is 5.91 Å². The molecule has 1 heterocycles. The lowest BCUT2D eigenvalue weighted by Gasteiger charge is -2.08. The highest BCUT2D eigenvalue weighted by Gasteiger charge is 2.09. The highest BCUT2D eigenvalue weighted by atomic mass is 32.1. The summed E-state index contributed by atoms with van der Waals surface area (Å²) in [4.78, 5) is 17.2. The molecule has 0 radical (unpaired) electrons. The van der Waals surface area contributed by atoms with Crippen molar-refractivity contribution in [3.8, 4) is 27.6 Å². The standard InChI is InChI=1S/C26H24N2O2S/c1-3-30-23-6-4-5-22(15-23)25(29)27-16-19-9-13-21(14-10-19)26-28-24(17-31-26)20-11-7-18(2)8-12-20/h4-15,17H,3,16H2,1-2H3,(H,27,29). The van der Waals surface area contributed by atoms with Gasteiger partial charge < -0.3 is 10.1 Å². The molecule has 0 aliphatic rings. The van der Waals surface area contributed by atoms with E-state index in [4.69, 9.17) is 9.72 Å². The van der Waals surface area contributed by atoms with E-state index in [0.29, 0.717) is 24.5 Å². The Kier molecular flexibility index (Phi) is 6.43. The molecule has 0 bridgehead atoms. The summed E-state index contributed by atoms with van der Waals surface area (Å²) in [5.74, 6) is 0.584. The molecule has 1 N–H and O–H groups in total. The number of carbonyl (C=O) groups is 1. The van der Waals surface area contributed by atoms with Gasteiger partial charge in [-0.3, -0.25) is 4.79 Å². The Morgan fingerprint density at radius 2 is 1.74 bits per heavy atom. The summed E-state index contributed by atoms with van der Waals surface area (Å²) in [5.41, 5.74) is 6.06. The number of aromatic nitrogens is 1. The number of nitrogens with zero attached hydrogens (tertiary/aromatic N) is 1. The summed E-state index contributed by atoms with van der Waals surface area (Å²) in [6, 6.07) is 23.8. The summed E-state index contributed by atoms with van der Waals surface area (Å²) in [6.45, 7) is 5.04. The van der Waals surface area contributed by atoms with Crippen LogP contribution in [0.5, 0.6) is 5.75 Å². The van der Waals surface area contributed by atoms with Crippen molar-refractivity contribution in [2.24, 2.45) is 0 Å². The number of hydrogen-bond donors (Lipinski definition) is 1. The molecule has 0 atom stereocenters. The van der Waals surface area contributed by atoms with E-state index in [0.717, 1.165) is 27.4 Å². The number of rotatable bonds is 7. The van der Waals surface area contributed by atoms with Gasteiger partial charge in [0.25, 0.3) is 5.91 Å². The number of aryl methyl sites for hydroxylation is 1. The SMILES string of the molecule is CCOc1cccc(C(=O)NCc2ccc(-c3nc(-c4ccc(C)cc4)cs3)cc2)c1. The summed E-state index contributed by atoms with van der Waals surface area (Å²) in [5, 5.41) is 6.04. The lowest BCUT2D eigenvalue weighted by molar-refractivity contribution is 0.0950. The van der Waals surface area contributed by atoms with E-state index >= 15 is 0 Å².